The fourth-order valence-electron chi connectivity index (χ4n) is 3.24. The van der Waals surface area contributed by atoms with Crippen molar-refractivity contribution in [3.05, 3.63) is 33.5 Å². The minimum Gasteiger partial charge on any atom is -0.349 e. The maximum atomic E-state index is 12.6. The highest BCUT2D eigenvalue weighted by Crippen LogP contribution is 2.29. The van der Waals surface area contributed by atoms with Gasteiger partial charge in [0.05, 0.1) is 22.9 Å². The zero-order valence-electron chi connectivity index (χ0n) is 14.9. The van der Waals surface area contributed by atoms with Crippen LogP contribution in [-0.4, -0.2) is 26.7 Å². The largest absolute Gasteiger partial charge is 0.349 e. The van der Waals surface area contributed by atoms with Crippen LogP contribution in [0.5, 0.6) is 0 Å². The van der Waals surface area contributed by atoms with Gasteiger partial charge in [-0.25, -0.2) is 4.98 Å². The Morgan fingerprint density at radius 1 is 1.29 bits per heavy atom. The molecule has 1 fully saturated rings. The van der Waals surface area contributed by atoms with Gasteiger partial charge in [0, 0.05) is 18.2 Å². The van der Waals surface area contributed by atoms with Crippen LogP contribution in [0.2, 0.25) is 0 Å². The minimum absolute atomic E-state index is 0.0373. The summed E-state index contributed by atoms with van der Waals surface area (Å²) >= 11 is 1.53. The predicted molar refractivity (Wildman–Crippen MR) is 96.7 cm³/mol. The number of aryl methyl sites for hydroxylation is 2. The molecule has 0 bridgehead atoms. The summed E-state index contributed by atoms with van der Waals surface area (Å²) in [6.45, 7) is 8.21. The normalized spacial score (nSPS) is 21.2. The number of hydrogen-bond donors (Lipinski definition) is 1. The van der Waals surface area contributed by atoms with Crippen LogP contribution >= 0.6 is 11.3 Å². The molecular weight excluding hydrogens is 320 g/mol. The molecule has 0 radical (unpaired) electrons. The molecule has 1 saturated carbocycles. The molecule has 0 aliphatic heterocycles. The quantitative estimate of drug-likeness (QED) is 0.910. The second-order valence-electron chi connectivity index (χ2n) is 7.10. The Morgan fingerprint density at radius 2 is 2.00 bits per heavy atom. The van der Waals surface area contributed by atoms with Crippen LogP contribution < -0.4 is 5.32 Å². The first-order valence-electron chi connectivity index (χ1n) is 8.73. The lowest BCUT2D eigenvalue weighted by Crippen LogP contribution is -2.38. The third-order valence-corrected chi connectivity index (χ3v) is 6.11. The Labute approximate surface area is 147 Å². The number of rotatable bonds is 4. The summed E-state index contributed by atoms with van der Waals surface area (Å²) in [5, 5.41) is 8.67. The zero-order chi connectivity index (χ0) is 17.3. The van der Waals surface area contributed by atoms with Crippen molar-refractivity contribution in [1.82, 2.24) is 20.1 Å². The van der Waals surface area contributed by atoms with E-state index in [1.165, 1.54) is 16.9 Å². The molecule has 0 saturated heterocycles. The van der Waals surface area contributed by atoms with E-state index in [2.05, 4.69) is 47.0 Å². The highest BCUT2D eigenvalue weighted by molar-refractivity contribution is 7.13. The second-order valence-corrected chi connectivity index (χ2v) is 8.13. The molecule has 1 aliphatic carbocycles. The van der Waals surface area contributed by atoms with Gasteiger partial charge in [0.1, 0.15) is 4.88 Å². The van der Waals surface area contributed by atoms with Crippen LogP contribution in [-0.2, 0) is 0 Å². The molecule has 130 valence electrons. The first-order chi connectivity index (χ1) is 11.4. The van der Waals surface area contributed by atoms with E-state index >= 15 is 0 Å². The fourth-order valence-corrected chi connectivity index (χ4v) is 4.22. The van der Waals surface area contributed by atoms with Gasteiger partial charge in [0.15, 0.2) is 0 Å². The van der Waals surface area contributed by atoms with Gasteiger partial charge < -0.3 is 5.32 Å². The molecule has 24 heavy (non-hydrogen) atoms. The van der Waals surface area contributed by atoms with Crippen LogP contribution in [0.4, 0.5) is 0 Å². The molecule has 0 spiro atoms. The molecule has 1 N–H and O–H groups in total. The van der Waals surface area contributed by atoms with Gasteiger partial charge in [-0.2, -0.15) is 5.10 Å². The van der Waals surface area contributed by atoms with Gasteiger partial charge >= 0.3 is 0 Å². The minimum atomic E-state index is 0.0373. The molecule has 6 heteroatoms. The summed E-state index contributed by atoms with van der Waals surface area (Å²) in [4.78, 5) is 17.9. The molecule has 0 atom stereocenters. The van der Waals surface area contributed by atoms with Crippen LogP contribution in [0.15, 0.2) is 12.4 Å². The van der Waals surface area contributed by atoms with Crippen molar-refractivity contribution >= 4 is 17.2 Å². The van der Waals surface area contributed by atoms with Crippen molar-refractivity contribution in [2.24, 2.45) is 0 Å². The van der Waals surface area contributed by atoms with Gasteiger partial charge in [0.2, 0.25) is 0 Å². The molecule has 0 unspecified atom stereocenters. The van der Waals surface area contributed by atoms with E-state index in [1.54, 1.807) is 0 Å². The highest BCUT2D eigenvalue weighted by Gasteiger charge is 2.25. The summed E-state index contributed by atoms with van der Waals surface area (Å²) < 4.78 is 2.08. The van der Waals surface area contributed by atoms with Gasteiger partial charge in [0.25, 0.3) is 5.91 Å². The number of hydrogen-bond acceptors (Lipinski definition) is 4. The summed E-state index contributed by atoms with van der Waals surface area (Å²) in [7, 11) is 0. The lowest BCUT2D eigenvalue weighted by Gasteiger charge is -2.29. The molecule has 5 nitrogen and oxygen atoms in total. The van der Waals surface area contributed by atoms with Crippen molar-refractivity contribution in [3.63, 3.8) is 0 Å². The Bertz CT molecular complexity index is 710. The topological polar surface area (TPSA) is 59.8 Å². The van der Waals surface area contributed by atoms with Gasteiger partial charge in [-0.1, -0.05) is 13.8 Å². The molecule has 1 aliphatic rings. The standard InChI is InChI=1S/C18H26N4OS/c1-11(2)18-20-13(4)16(24-18)17(23)21-14-5-7-15(8-6-14)22-10-12(3)9-19-22/h9-11,14-15H,5-8H2,1-4H3,(H,21,23). The number of carbonyl (C=O) groups excluding carboxylic acids is 1. The highest BCUT2D eigenvalue weighted by atomic mass is 32.1. The zero-order valence-corrected chi connectivity index (χ0v) is 15.7. The number of nitrogens with zero attached hydrogens (tertiary/aromatic N) is 3. The first-order valence-corrected chi connectivity index (χ1v) is 9.54. The molecule has 3 rings (SSSR count). The molecule has 1 amide bonds. The summed E-state index contributed by atoms with van der Waals surface area (Å²) in [6, 6.07) is 0.721. The van der Waals surface area contributed by atoms with Crippen molar-refractivity contribution in [2.45, 2.75) is 71.4 Å². The van der Waals surface area contributed by atoms with Crippen LogP contribution in [0, 0.1) is 13.8 Å². The number of carbonyl (C=O) groups is 1. The number of nitrogens with one attached hydrogen (secondary N) is 1. The van der Waals surface area contributed by atoms with E-state index in [1.807, 2.05) is 13.1 Å². The van der Waals surface area contributed by atoms with Crippen molar-refractivity contribution < 1.29 is 4.79 Å². The second kappa shape index (κ2) is 7.05. The average Bonchev–Trinajstić information content (AvgIpc) is 3.14. The van der Waals surface area contributed by atoms with E-state index in [0.717, 1.165) is 41.3 Å². The number of thiazole rings is 1. The van der Waals surface area contributed by atoms with Gasteiger partial charge in [-0.3, -0.25) is 9.48 Å². The van der Waals surface area contributed by atoms with Crippen LogP contribution in [0.3, 0.4) is 0 Å². The monoisotopic (exact) mass is 346 g/mol. The van der Waals surface area contributed by atoms with Crippen LogP contribution in [0.25, 0.3) is 0 Å². The van der Waals surface area contributed by atoms with E-state index in [-0.39, 0.29) is 11.9 Å². The molecule has 2 aromatic heterocycles. The smallest absolute Gasteiger partial charge is 0.263 e. The van der Waals surface area contributed by atoms with Crippen molar-refractivity contribution in [3.8, 4) is 0 Å². The Balaban J connectivity index is 1.57. The Kier molecular flexibility index (Phi) is 5.04. The fraction of sp³-hybridized carbons (Fsp3) is 0.611. The summed E-state index contributed by atoms with van der Waals surface area (Å²) in [5.41, 5.74) is 2.05. The maximum Gasteiger partial charge on any atom is 0.263 e. The van der Waals surface area contributed by atoms with Gasteiger partial charge in [-0.05, 0) is 45.1 Å². The van der Waals surface area contributed by atoms with E-state index < -0.39 is 0 Å². The SMILES string of the molecule is Cc1cnn(C2CCC(NC(=O)c3sc(C(C)C)nc3C)CC2)c1. The van der Waals surface area contributed by atoms with Gasteiger partial charge in [-0.15, -0.1) is 11.3 Å². The van der Waals surface area contributed by atoms with Crippen LogP contribution in [0.1, 0.15) is 77.4 Å². The number of aromatic nitrogens is 3. The number of amides is 1. The van der Waals surface area contributed by atoms with E-state index in [4.69, 9.17) is 0 Å². The maximum absolute atomic E-state index is 12.6. The Morgan fingerprint density at radius 3 is 2.54 bits per heavy atom. The molecule has 0 aromatic carbocycles. The summed E-state index contributed by atoms with van der Waals surface area (Å²) in [6.07, 6.45) is 8.15. The molecule has 2 heterocycles. The third kappa shape index (κ3) is 3.69. The summed E-state index contributed by atoms with van der Waals surface area (Å²) in [5.74, 6) is 0.401. The molecule has 2 aromatic rings. The lowest BCUT2D eigenvalue weighted by molar-refractivity contribution is 0.0925. The lowest BCUT2D eigenvalue weighted by atomic mass is 9.91. The van der Waals surface area contributed by atoms with E-state index in [9.17, 15) is 4.79 Å². The predicted octanol–water partition coefficient (Wildman–Crippen LogP) is 3.99. The average molecular weight is 347 g/mol. The Hall–Kier alpha value is -1.69. The first kappa shape index (κ1) is 17.1. The molecular formula is C18H26N4OS. The third-order valence-electron chi connectivity index (χ3n) is 4.65. The van der Waals surface area contributed by atoms with E-state index in [0.29, 0.717) is 12.0 Å². The van der Waals surface area contributed by atoms with Crippen molar-refractivity contribution in [2.75, 3.05) is 0 Å². The van der Waals surface area contributed by atoms with Crippen molar-refractivity contribution in [1.29, 1.82) is 0 Å².